The Morgan fingerprint density at radius 3 is 2.82 bits per heavy atom. The Morgan fingerprint density at radius 2 is 2.14 bits per heavy atom. The fourth-order valence-corrected chi connectivity index (χ4v) is 4.29. The van der Waals surface area contributed by atoms with Crippen LogP contribution in [0.4, 0.5) is 0 Å². The topological polar surface area (TPSA) is 66.8 Å². The van der Waals surface area contributed by atoms with Gasteiger partial charge in [-0.05, 0) is 12.0 Å². The summed E-state index contributed by atoms with van der Waals surface area (Å²) in [7, 11) is 0. The summed E-state index contributed by atoms with van der Waals surface area (Å²) >= 11 is 1.55. The summed E-state index contributed by atoms with van der Waals surface area (Å²) in [5.74, 6) is 0.260. The lowest BCUT2D eigenvalue weighted by molar-refractivity contribution is -0.161. The Morgan fingerprint density at radius 1 is 1.36 bits per heavy atom. The van der Waals surface area contributed by atoms with E-state index in [2.05, 4.69) is 0 Å². The molecule has 2 fully saturated rings. The Balaban J connectivity index is 1.64. The van der Waals surface area contributed by atoms with Crippen LogP contribution >= 0.6 is 11.8 Å². The molecule has 6 heteroatoms. The van der Waals surface area contributed by atoms with E-state index in [1.165, 1.54) is 0 Å². The number of aliphatic hydroxyl groups is 1. The van der Waals surface area contributed by atoms with Crippen LogP contribution in [-0.4, -0.2) is 51.6 Å². The van der Waals surface area contributed by atoms with E-state index in [0.717, 1.165) is 12.0 Å². The van der Waals surface area contributed by atoms with Crippen molar-refractivity contribution in [2.45, 2.75) is 36.8 Å². The van der Waals surface area contributed by atoms with Crippen LogP contribution in [-0.2, 0) is 20.9 Å². The van der Waals surface area contributed by atoms with Crippen LogP contribution in [0.25, 0.3) is 0 Å². The fourth-order valence-electron chi connectivity index (χ4n) is 3.09. The number of carbonyl (C=O) groups excluding carboxylic acids is 2. The third-order valence-corrected chi connectivity index (χ3v) is 5.43. The molecule has 2 aliphatic heterocycles. The van der Waals surface area contributed by atoms with Crippen molar-refractivity contribution in [1.82, 2.24) is 4.90 Å². The number of hydrogen-bond donors (Lipinski definition) is 1. The first-order valence-electron chi connectivity index (χ1n) is 7.45. The molecule has 0 bridgehead atoms. The van der Waals surface area contributed by atoms with Crippen molar-refractivity contribution in [3.8, 4) is 0 Å². The van der Waals surface area contributed by atoms with Crippen molar-refractivity contribution in [2.24, 2.45) is 0 Å². The molecule has 3 rings (SSSR count). The Bertz CT molecular complexity index is 550. The van der Waals surface area contributed by atoms with Gasteiger partial charge in [-0.25, -0.2) is 4.79 Å². The number of rotatable bonds is 6. The summed E-state index contributed by atoms with van der Waals surface area (Å²) in [6.07, 6.45) is 1.33. The average molecular weight is 321 g/mol. The molecule has 22 heavy (non-hydrogen) atoms. The molecule has 0 aliphatic carbocycles. The SMILES string of the molecule is O=C(OCc1ccccc1)[C@H]1[C@H](SCCO)CC2CC(=O)N21. The summed E-state index contributed by atoms with van der Waals surface area (Å²) in [5, 5.41) is 9.01. The molecule has 118 valence electrons. The van der Waals surface area contributed by atoms with Crippen LogP contribution in [0.15, 0.2) is 30.3 Å². The normalized spacial score (nSPS) is 26.5. The third-order valence-electron chi connectivity index (χ3n) is 4.14. The van der Waals surface area contributed by atoms with Crippen molar-refractivity contribution in [3.05, 3.63) is 35.9 Å². The van der Waals surface area contributed by atoms with Gasteiger partial charge in [0.1, 0.15) is 12.6 Å². The largest absolute Gasteiger partial charge is 0.459 e. The molecule has 1 aromatic rings. The lowest BCUT2D eigenvalue weighted by Crippen LogP contribution is -2.55. The number of amides is 1. The van der Waals surface area contributed by atoms with Gasteiger partial charge in [0.15, 0.2) is 0 Å². The minimum absolute atomic E-state index is 0.0203. The number of benzene rings is 1. The lowest BCUT2D eigenvalue weighted by atomic mass is 10.0. The number of β-lactam (4-membered cyclic amide) rings is 1. The zero-order valence-corrected chi connectivity index (χ0v) is 13.0. The number of thioether (sulfide) groups is 1. The van der Waals surface area contributed by atoms with Gasteiger partial charge < -0.3 is 14.7 Å². The smallest absolute Gasteiger partial charge is 0.330 e. The number of esters is 1. The van der Waals surface area contributed by atoms with E-state index >= 15 is 0 Å². The zero-order chi connectivity index (χ0) is 15.5. The van der Waals surface area contributed by atoms with E-state index in [9.17, 15) is 9.59 Å². The number of nitrogens with zero attached hydrogens (tertiary/aromatic N) is 1. The van der Waals surface area contributed by atoms with Crippen molar-refractivity contribution in [3.63, 3.8) is 0 Å². The molecular weight excluding hydrogens is 302 g/mol. The number of aliphatic hydroxyl groups excluding tert-OH is 1. The van der Waals surface area contributed by atoms with Gasteiger partial charge in [-0.2, -0.15) is 11.8 Å². The number of fused-ring (bicyclic) bond motifs is 1. The first-order chi connectivity index (χ1) is 10.7. The van der Waals surface area contributed by atoms with Gasteiger partial charge in [0.25, 0.3) is 0 Å². The molecule has 1 amide bonds. The van der Waals surface area contributed by atoms with Crippen LogP contribution in [0.3, 0.4) is 0 Å². The molecule has 5 nitrogen and oxygen atoms in total. The second-order valence-electron chi connectivity index (χ2n) is 5.57. The summed E-state index contributed by atoms with van der Waals surface area (Å²) < 4.78 is 5.41. The van der Waals surface area contributed by atoms with Crippen LogP contribution in [0.2, 0.25) is 0 Å². The maximum absolute atomic E-state index is 12.4. The minimum Gasteiger partial charge on any atom is -0.459 e. The maximum Gasteiger partial charge on any atom is 0.330 e. The molecule has 2 heterocycles. The summed E-state index contributed by atoms with van der Waals surface area (Å²) in [6.45, 7) is 0.297. The van der Waals surface area contributed by atoms with Crippen LogP contribution < -0.4 is 0 Å². The van der Waals surface area contributed by atoms with Gasteiger partial charge in [0, 0.05) is 23.5 Å². The highest BCUT2D eigenvalue weighted by atomic mass is 32.2. The van der Waals surface area contributed by atoms with Gasteiger partial charge in [0.2, 0.25) is 5.91 Å². The average Bonchev–Trinajstić information content (AvgIpc) is 2.83. The van der Waals surface area contributed by atoms with Gasteiger partial charge >= 0.3 is 5.97 Å². The highest BCUT2D eigenvalue weighted by Gasteiger charge is 2.54. The minimum atomic E-state index is -0.508. The molecule has 0 spiro atoms. The number of hydrogen-bond acceptors (Lipinski definition) is 5. The predicted molar refractivity (Wildman–Crippen MR) is 83.2 cm³/mol. The quantitative estimate of drug-likeness (QED) is 0.630. The van der Waals surface area contributed by atoms with E-state index in [0.29, 0.717) is 12.2 Å². The molecule has 2 saturated heterocycles. The van der Waals surface area contributed by atoms with Crippen LogP contribution in [0.1, 0.15) is 18.4 Å². The van der Waals surface area contributed by atoms with Gasteiger partial charge in [-0.3, -0.25) is 4.79 Å². The second kappa shape index (κ2) is 6.71. The van der Waals surface area contributed by atoms with E-state index in [-0.39, 0.29) is 36.4 Å². The summed E-state index contributed by atoms with van der Waals surface area (Å²) in [4.78, 5) is 25.9. The summed E-state index contributed by atoms with van der Waals surface area (Å²) in [6, 6.07) is 9.16. The van der Waals surface area contributed by atoms with Gasteiger partial charge in [-0.15, -0.1) is 0 Å². The first-order valence-corrected chi connectivity index (χ1v) is 8.49. The summed E-state index contributed by atoms with van der Waals surface area (Å²) in [5.41, 5.74) is 0.930. The Hall–Kier alpha value is -1.53. The molecule has 1 aromatic carbocycles. The molecular formula is C16H19NO4S. The molecule has 0 radical (unpaired) electrons. The molecule has 0 saturated carbocycles. The highest BCUT2D eigenvalue weighted by molar-refractivity contribution is 8.00. The van der Waals surface area contributed by atoms with Crippen molar-refractivity contribution < 1.29 is 19.4 Å². The number of ether oxygens (including phenoxy) is 1. The fraction of sp³-hybridized carbons (Fsp3) is 0.500. The molecule has 1 N–H and O–H groups in total. The monoisotopic (exact) mass is 321 g/mol. The van der Waals surface area contributed by atoms with E-state index in [1.807, 2.05) is 30.3 Å². The molecule has 0 aromatic heterocycles. The van der Waals surface area contributed by atoms with Crippen LogP contribution in [0.5, 0.6) is 0 Å². The van der Waals surface area contributed by atoms with E-state index in [4.69, 9.17) is 9.84 Å². The van der Waals surface area contributed by atoms with E-state index < -0.39 is 6.04 Å². The molecule has 2 aliphatic rings. The highest BCUT2D eigenvalue weighted by Crippen LogP contribution is 2.41. The number of carbonyl (C=O) groups is 2. The van der Waals surface area contributed by atoms with E-state index in [1.54, 1.807) is 16.7 Å². The zero-order valence-electron chi connectivity index (χ0n) is 12.2. The van der Waals surface area contributed by atoms with Gasteiger partial charge in [0.05, 0.1) is 6.61 Å². The Labute approximate surface area is 133 Å². The Kier molecular flexibility index (Phi) is 4.69. The lowest BCUT2D eigenvalue weighted by Gasteiger charge is -2.37. The van der Waals surface area contributed by atoms with Crippen LogP contribution in [0, 0.1) is 0 Å². The predicted octanol–water partition coefficient (Wildman–Crippen LogP) is 1.20. The standard InChI is InChI=1S/C16H19NO4S/c18-6-7-22-13-8-12-9-14(19)17(12)15(13)16(20)21-10-11-4-2-1-3-5-11/h1-5,12-13,15,18H,6-10H2/t12?,13-,15-/m1/s1. The molecule has 1 unspecified atom stereocenters. The van der Waals surface area contributed by atoms with Crippen molar-refractivity contribution in [1.29, 1.82) is 0 Å². The first kappa shape index (κ1) is 15.4. The van der Waals surface area contributed by atoms with Crippen molar-refractivity contribution >= 4 is 23.6 Å². The van der Waals surface area contributed by atoms with Crippen molar-refractivity contribution in [2.75, 3.05) is 12.4 Å². The van der Waals surface area contributed by atoms with Gasteiger partial charge in [-0.1, -0.05) is 30.3 Å². The molecule has 3 atom stereocenters. The second-order valence-corrected chi connectivity index (χ2v) is 6.91. The third kappa shape index (κ3) is 2.98. The maximum atomic E-state index is 12.4.